The molecule has 2 heterocycles. The zero-order valence-corrected chi connectivity index (χ0v) is 21.2. The third-order valence-corrected chi connectivity index (χ3v) is 9.01. The molecule has 4 amide bonds. The summed E-state index contributed by atoms with van der Waals surface area (Å²) in [5.74, 6) is -2.13. The van der Waals surface area contributed by atoms with Gasteiger partial charge in [-0.3, -0.25) is 24.5 Å². The maximum Gasteiger partial charge on any atom is 0.268 e. The van der Waals surface area contributed by atoms with E-state index in [1.807, 2.05) is 18.2 Å². The number of nitrogens with zero attached hydrogens (tertiary/aromatic N) is 1. The standard InChI is InChI=1S/C28H31N5O5/c1-38-21-7-3-6-18-16(21)11-20(30-18)24(34)31-19(10-14-8-9-14)25(35)33-28(13-29)12-15-4-2-5-17(28)23-22(15)26(36)32-27(23)37/h3,6-7,11,14-15,17,19,22-23,30H,2,4-5,8-10,12H2,1H3,(H,31,34)(H,33,35)(H,32,36,37)/t15-,17+,19-,22-,23+,28+/m0/s1. The molecule has 5 fully saturated rings. The maximum absolute atomic E-state index is 13.7. The molecule has 0 radical (unpaired) electrons. The Hall–Kier alpha value is -3.87. The number of methoxy groups -OCH3 is 1. The number of nitrogens with one attached hydrogen (secondary N) is 4. The Morgan fingerprint density at radius 1 is 1.18 bits per heavy atom. The number of carbonyl (C=O) groups excluding carboxylic acids is 4. The van der Waals surface area contributed by atoms with Crippen molar-refractivity contribution in [2.45, 2.75) is 56.5 Å². The molecule has 2 bridgehead atoms. The van der Waals surface area contributed by atoms with Gasteiger partial charge in [0.1, 0.15) is 23.0 Å². The van der Waals surface area contributed by atoms with Gasteiger partial charge >= 0.3 is 0 Å². The first-order valence-corrected chi connectivity index (χ1v) is 13.4. The van der Waals surface area contributed by atoms with Crippen molar-refractivity contribution in [2.75, 3.05) is 7.11 Å². The highest BCUT2D eigenvalue weighted by atomic mass is 16.5. The lowest BCUT2D eigenvalue weighted by Crippen LogP contribution is -2.63. The van der Waals surface area contributed by atoms with E-state index in [1.165, 1.54) is 0 Å². The van der Waals surface area contributed by atoms with E-state index < -0.39 is 41.1 Å². The zero-order valence-electron chi connectivity index (χ0n) is 21.2. The minimum Gasteiger partial charge on any atom is -0.496 e. The van der Waals surface area contributed by atoms with Crippen LogP contribution in [0.5, 0.6) is 5.75 Å². The van der Waals surface area contributed by atoms with Crippen molar-refractivity contribution in [1.29, 1.82) is 5.26 Å². The maximum atomic E-state index is 13.7. The number of hydrogen-bond donors (Lipinski definition) is 4. The normalized spacial score (nSPS) is 30.6. The van der Waals surface area contributed by atoms with Gasteiger partial charge in [0, 0.05) is 16.8 Å². The van der Waals surface area contributed by atoms with Crippen LogP contribution in [0, 0.1) is 40.9 Å². The van der Waals surface area contributed by atoms with E-state index in [0.717, 1.165) is 36.6 Å². The van der Waals surface area contributed by atoms with Crippen LogP contribution in [0.2, 0.25) is 0 Å². The van der Waals surface area contributed by atoms with Crippen LogP contribution in [0.1, 0.15) is 55.4 Å². The minimum absolute atomic E-state index is 0.150. The topological polar surface area (TPSA) is 153 Å². The molecule has 1 aliphatic heterocycles. The predicted octanol–water partition coefficient (Wildman–Crippen LogP) is 2.16. The number of carbonyl (C=O) groups is 4. The number of nitriles is 1. The molecule has 10 nitrogen and oxygen atoms in total. The Labute approximate surface area is 219 Å². The molecule has 198 valence electrons. The van der Waals surface area contributed by atoms with Crippen molar-refractivity contribution in [3.63, 3.8) is 0 Å². The lowest BCUT2D eigenvalue weighted by Gasteiger charge is -2.45. The summed E-state index contributed by atoms with van der Waals surface area (Å²) in [6.45, 7) is 0. The molecule has 1 aromatic heterocycles. The second-order valence-corrected chi connectivity index (χ2v) is 11.3. The summed E-state index contributed by atoms with van der Waals surface area (Å²) in [6.07, 6.45) is 4.91. The number of imide groups is 1. The van der Waals surface area contributed by atoms with E-state index in [-0.39, 0.29) is 17.7 Å². The van der Waals surface area contributed by atoms with Gasteiger partial charge in [-0.25, -0.2) is 0 Å². The van der Waals surface area contributed by atoms with Crippen LogP contribution < -0.4 is 20.7 Å². The van der Waals surface area contributed by atoms with Crippen LogP contribution in [0.25, 0.3) is 10.9 Å². The van der Waals surface area contributed by atoms with Crippen LogP contribution in [-0.4, -0.2) is 47.3 Å². The summed E-state index contributed by atoms with van der Waals surface area (Å²) in [5.41, 5.74) is -0.206. The van der Waals surface area contributed by atoms with Crippen LogP contribution in [0.3, 0.4) is 0 Å². The van der Waals surface area contributed by atoms with Gasteiger partial charge in [-0.05, 0) is 55.7 Å². The lowest BCUT2D eigenvalue weighted by molar-refractivity contribution is -0.132. The van der Waals surface area contributed by atoms with Gasteiger partial charge in [0.25, 0.3) is 5.91 Å². The molecule has 2 aromatic rings. The summed E-state index contributed by atoms with van der Waals surface area (Å²) in [6, 6.07) is 8.71. The molecule has 4 aliphatic carbocycles. The fourth-order valence-electron chi connectivity index (χ4n) is 7.05. The number of fused-ring (bicyclic) bond motifs is 4. The van der Waals surface area contributed by atoms with E-state index in [9.17, 15) is 24.4 Å². The monoisotopic (exact) mass is 517 g/mol. The van der Waals surface area contributed by atoms with Crippen LogP contribution in [0.15, 0.2) is 24.3 Å². The highest BCUT2D eigenvalue weighted by Gasteiger charge is 2.62. The number of amides is 4. The van der Waals surface area contributed by atoms with E-state index in [0.29, 0.717) is 36.6 Å². The van der Waals surface area contributed by atoms with Crippen molar-refractivity contribution in [1.82, 2.24) is 20.9 Å². The van der Waals surface area contributed by atoms with Gasteiger partial charge in [0.15, 0.2) is 0 Å². The van der Waals surface area contributed by atoms with Crippen LogP contribution >= 0.6 is 0 Å². The van der Waals surface area contributed by atoms with Gasteiger partial charge in [-0.1, -0.05) is 25.3 Å². The molecular formula is C28H31N5O5. The summed E-state index contributed by atoms with van der Waals surface area (Å²) in [5, 5.41) is 19.5. The molecule has 10 heteroatoms. The average molecular weight is 518 g/mol. The number of H-pyrrole nitrogens is 1. The Kier molecular flexibility index (Phi) is 5.89. The smallest absolute Gasteiger partial charge is 0.268 e. The number of rotatable bonds is 7. The molecule has 5 aliphatic rings. The quantitative estimate of drug-likeness (QED) is 0.413. The molecule has 0 unspecified atom stereocenters. The first-order valence-electron chi connectivity index (χ1n) is 13.4. The first kappa shape index (κ1) is 24.5. The number of ether oxygens (including phenoxy) is 1. The molecule has 4 N–H and O–H groups in total. The van der Waals surface area contributed by atoms with Gasteiger partial charge in [-0.2, -0.15) is 5.26 Å². The highest BCUT2D eigenvalue weighted by Crippen LogP contribution is 2.53. The summed E-state index contributed by atoms with van der Waals surface area (Å²) in [4.78, 5) is 55.3. The van der Waals surface area contributed by atoms with Gasteiger partial charge in [0.05, 0.1) is 25.0 Å². The number of benzene rings is 1. The van der Waals surface area contributed by atoms with Crippen molar-refractivity contribution in [2.24, 2.45) is 29.6 Å². The van der Waals surface area contributed by atoms with E-state index in [4.69, 9.17) is 4.74 Å². The van der Waals surface area contributed by atoms with Gasteiger partial charge in [0.2, 0.25) is 17.7 Å². The van der Waals surface area contributed by atoms with Gasteiger partial charge < -0.3 is 20.4 Å². The van der Waals surface area contributed by atoms with E-state index >= 15 is 0 Å². The molecule has 7 rings (SSSR count). The third kappa shape index (κ3) is 4.01. The Balaban J connectivity index is 1.25. The Morgan fingerprint density at radius 2 is 1.97 bits per heavy atom. The second kappa shape index (κ2) is 9.15. The molecule has 0 spiro atoms. The minimum atomic E-state index is -1.26. The molecular weight excluding hydrogens is 486 g/mol. The molecule has 4 saturated carbocycles. The Bertz CT molecular complexity index is 1370. The summed E-state index contributed by atoms with van der Waals surface area (Å²) >= 11 is 0. The molecule has 1 saturated heterocycles. The highest BCUT2D eigenvalue weighted by molar-refractivity contribution is 6.06. The second-order valence-electron chi connectivity index (χ2n) is 11.3. The number of hydrogen-bond acceptors (Lipinski definition) is 6. The largest absolute Gasteiger partial charge is 0.496 e. The lowest BCUT2D eigenvalue weighted by atomic mass is 9.60. The fraction of sp³-hybridized carbons (Fsp3) is 0.536. The zero-order chi connectivity index (χ0) is 26.6. The van der Waals surface area contributed by atoms with Crippen LogP contribution in [-0.2, 0) is 14.4 Å². The number of aromatic amines is 1. The molecule has 38 heavy (non-hydrogen) atoms. The molecule has 1 aromatic carbocycles. The Morgan fingerprint density at radius 3 is 2.71 bits per heavy atom. The molecule has 6 atom stereocenters. The van der Waals surface area contributed by atoms with Crippen molar-refractivity contribution >= 4 is 34.5 Å². The van der Waals surface area contributed by atoms with Crippen molar-refractivity contribution in [3.05, 3.63) is 30.0 Å². The SMILES string of the molecule is COc1cccc2[nH]c(C(=O)N[C@@H](CC3CC3)C(=O)N[C@@]3(C#N)C[C@@H]4CCC[C@@H]3[C@H]3C(=O)NC(=O)[C@@H]43)cc12. The summed E-state index contributed by atoms with van der Waals surface area (Å²) < 4.78 is 5.39. The average Bonchev–Trinajstić information content (AvgIpc) is 3.61. The number of aromatic nitrogens is 1. The predicted molar refractivity (Wildman–Crippen MR) is 136 cm³/mol. The third-order valence-electron chi connectivity index (χ3n) is 9.01. The fourth-order valence-corrected chi connectivity index (χ4v) is 7.05. The first-order chi connectivity index (χ1) is 18.3. The van der Waals surface area contributed by atoms with Crippen LogP contribution in [0.4, 0.5) is 0 Å². The van der Waals surface area contributed by atoms with Crippen molar-refractivity contribution < 1.29 is 23.9 Å². The summed E-state index contributed by atoms with van der Waals surface area (Å²) in [7, 11) is 1.57. The van der Waals surface area contributed by atoms with E-state index in [1.54, 1.807) is 13.2 Å². The van der Waals surface area contributed by atoms with Gasteiger partial charge in [-0.15, -0.1) is 0 Å². The van der Waals surface area contributed by atoms with E-state index in [2.05, 4.69) is 27.0 Å². The van der Waals surface area contributed by atoms with Crippen molar-refractivity contribution in [3.8, 4) is 11.8 Å².